The fourth-order valence-corrected chi connectivity index (χ4v) is 6.98. The number of anilines is 1. The number of alkyl halides is 1. The van der Waals surface area contributed by atoms with Crippen LogP contribution in [0.15, 0.2) is 53.4 Å². The van der Waals surface area contributed by atoms with Gasteiger partial charge in [0.15, 0.2) is 5.37 Å². The Labute approximate surface area is 171 Å². The molecule has 0 spiro atoms. The van der Waals surface area contributed by atoms with Gasteiger partial charge in [0.2, 0.25) is 10.0 Å². The summed E-state index contributed by atoms with van der Waals surface area (Å²) in [5.74, 6) is 0.207. The molecule has 1 unspecified atom stereocenters. The van der Waals surface area contributed by atoms with Crippen molar-refractivity contribution in [3.8, 4) is 0 Å². The predicted molar refractivity (Wildman–Crippen MR) is 111 cm³/mol. The van der Waals surface area contributed by atoms with Gasteiger partial charge in [0.25, 0.3) is 10.0 Å². The van der Waals surface area contributed by atoms with Crippen molar-refractivity contribution >= 4 is 37.3 Å². The normalized spacial score (nSPS) is 16.9. The summed E-state index contributed by atoms with van der Waals surface area (Å²) >= 11 is 5.92. The zero-order valence-corrected chi connectivity index (χ0v) is 17.9. The van der Waals surface area contributed by atoms with E-state index in [1.807, 2.05) is 6.92 Å². The molecule has 152 valence electrons. The highest BCUT2D eigenvalue weighted by Crippen LogP contribution is 2.39. The Bertz CT molecular complexity index is 1040. The molecule has 2 aromatic carbocycles. The fourth-order valence-electron chi connectivity index (χ4n) is 3.21. The Morgan fingerprint density at radius 3 is 2.46 bits per heavy atom. The third-order valence-electron chi connectivity index (χ3n) is 4.69. The van der Waals surface area contributed by atoms with Gasteiger partial charge < -0.3 is 0 Å². The summed E-state index contributed by atoms with van der Waals surface area (Å²) in [6.45, 7) is 2.23. The molecule has 1 aliphatic heterocycles. The highest BCUT2D eigenvalue weighted by Gasteiger charge is 2.45. The van der Waals surface area contributed by atoms with Crippen LogP contribution in [0.1, 0.15) is 30.9 Å². The Kier molecular flexibility index (Phi) is 6.34. The summed E-state index contributed by atoms with van der Waals surface area (Å²) in [5, 5.41) is -1.24. The molecule has 1 N–H and O–H groups in total. The van der Waals surface area contributed by atoms with Gasteiger partial charge in [-0.1, -0.05) is 43.7 Å². The number of hydrogen-bond donors (Lipinski definition) is 1. The van der Waals surface area contributed by atoms with Gasteiger partial charge in [0.1, 0.15) is 0 Å². The monoisotopic (exact) mass is 442 g/mol. The predicted octanol–water partition coefficient (Wildman–Crippen LogP) is 3.22. The van der Waals surface area contributed by atoms with E-state index in [-0.39, 0.29) is 23.7 Å². The first-order valence-electron chi connectivity index (χ1n) is 9.07. The van der Waals surface area contributed by atoms with Crippen molar-refractivity contribution in [1.29, 1.82) is 0 Å². The maximum Gasteiger partial charge on any atom is 0.265 e. The van der Waals surface area contributed by atoms with Gasteiger partial charge >= 0.3 is 0 Å². The number of hydrogen-bond acceptors (Lipinski definition) is 4. The van der Waals surface area contributed by atoms with Gasteiger partial charge in [0.05, 0.1) is 10.6 Å². The maximum absolute atomic E-state index is 13.4. The first-order valence-corrected chi connectivity index (χ1v) is 12.6. The number of fused-ring (bicyclic) bond motifs is 1. The van der Waals surface area contributed by atoms with Crippen molar-refractivity contribution in [1.82, 2.24) is 4.72 Å². The lowest BCUT2D eigenvalue weighted by molar-refractivity contribution is 0.557. The van der Waals surface area contributed by atoms with Crippen molar-refractivity contribution in [3.05, 3.63) is 59.7 Å². The van der Waals surface area contributed by atoms with Crippen LogP contribution in [-0.4, -0.2) is 28.8 Å². The summed E-state index contributed by atoms with van der Waals surface area (Å²) in [4.78, 5) is 0.0490. The van der Waals surface area contributed by atoms with Crippen LogP contribution in [0.5, 0.6) is 0 Å². The van der Waals surface area contributed by atoms with Crippen LogP contribution in [-0.2, 0) is 32.3 Å². The Hall–Kier alpha value is -1.61. The minimum Gasteiger partial charge on any atom is -0.246 e. The lowest BCUT2D eigenvalue weighted by Gasteiger charge is -2.27. The molecule has 9 heteroatoms. The largest absolute Gasteiger partial charge is 0.265 e. The zero-order chi connectivity index (χ0) is 20.4. The first kappa shape index (κ1) is 21.1. The summed E-state index contributed by atoms with van der Waals surface area (Å²) < 4.78 is 56.3. The first-order chi connectivity index (χ1) is 13.3. The molecular weight excluding hydrogens is 420 g/mol. The second kappa shape index (κ2) is 8.41. The van der Waals surface area contributed by atoms with Crippen molar-refractivity contribution in [2.45, 2.75) is 42.3 Å². The van der Waals surface area contributed by atoms with Gasteiger partial charge in [-0.2, -0.15) is 0 Å². The van der Waals surface area contributed by atoms with E-state index in [0.29, 0.717) is 17.7 Å². The SMILES string of the molecule is CCCCNS(=O)(=O)C1Cc2ccc(CCl)cc2N1S(=O)(=O)c1ccccc1. The average Bonchev–Trinajstić information content (AvgIpc) is 3.09. The van der Waals surface area contributed by atoms with Gasteiger partial charge in [-0.15, -0.1) is 11.6 Å². The maximum atomic E-state index is 13.4. The standard InChI is InChI=1S/C19H23ClN2O4S2/c1-2-3-11-21-27(23,24)19-13-16-10-9-15(14-20)12-18(16)22(19)28(25,26)17-7-5-4-6-8-17/h4-10,12,19,21H,2-3,11,13-14H2,1H3. The van der Waals surface area contributed by atoms with E-state index in [2.05, 4.69) is 4.72 Å². The number of nitrogens with one attached hydrogen (secondary N) is 1. The van der Waals surface area contributed by atoms with Crippen LogP contribution >= 0.6 is 11.6 Å². The molecule has 3 rings (SSSR count). The number of nitrogens with zero attached hydrogens (tertiary/aromatic N) is 1. The third-order valence-corrected chi connectivity index (χ3v) is 8.67. The topological polar surface area (TPSA) is 83.6 Å². The molecule has 2 aromatic rings. The summed E-state index contributed by atoms with van der Waals surface area (Å²) in [5.41, 5.74) is 1.76. The minimum absolute atomic E-state index is 0.0490. The Morgan fingerprint density at radius 1 is 1.11 bits per heavy atom. The fraction of sp³-hybridized carbons (Fsp3) is 0.368. The molecule has 0 amide bonds. The number of sulfonamides is 2. The van der Waals surface area contributed by atoms with Crippen LogP contribution < -0.4 is 9.03 Å². The van der Waals surface area contributed by atoms with E-state index in [4.69, 9.17) is 11.6 Å². The van der Waals surface area contributed by atoms with Crippen LogP contribution in [0, 0.1) is 0 Å². The number of benzene rings is 2. The molecule has 0 bridgehead atoms. The summed E-state index contributed by atoms with van der Waals surface area (Å²) in [6.07, 6.45) is 1.60. The second-order valence-electron chi connectivity index (χ2n) is 6.66. The van der Waals surface area contributed by atoms with Gasteiger partial charge in [-0.25, -0.2) is 25.9 Å². The lowest BCUT2D eigenvalue weighted by Crippen LogP contribution is -2.47. The molecule has 0 aromatic heterocycles. The van der Waals surface area contributed by atoms with E-state index in [1.165, 1.54) is 12.1 Å². The van der Waals surface area contributed by atoms with Crippen molar-refractivity contribution in [2.24, 2.45) is 0 Å². The molecule has 28 heavy (non-hydrogen) atoms. The zero-order valence-electron chi connectivity index (χ0n) is 15.5. The van der Waals surface area contributed by atoms with Crippen LogP contribution in [0.25, 0.3) is 0 Å². The van der Waals surface area contributed by atoms with Gasteiger partial charge in [0, 0.05) is 18.8 Å². The second-order valence-corrected chi connectivity index (χ2v) is 10.7. The molecule has 1 heterocycles. The third kappa shape index (κ3) is 4.05. The number of rotatable bonds is 8. The van der Waals surface area contributed by atoms with Crippen LogP contribution in [0.2, 0.25) is 0 Å². The van der Waals surface area contributed by atoms with Gasteiger partial charge in [-0.3, -0.25) is 0 Å². The Balaban J connectivity index is 2.10. The van der Waals surface area contributed by atoms with Crippen LogP contribution in [0.3, 0.4) is 0 Å². The molecule has 6 nitrogen and oxygen atoms in total. The molecular formula is C19H23ClN2O4S2. The minimum atomic E-state index is -4.07. The van der Waals surface area contributed by atoms with E-state index in [0.717, 1.165) is 16.3 Å². The molecule has 1 atom stereocenters. The summed E-state index contributed by atoms with van der Waals surface area (Å²) in [7, 11) is -7.96. The van der Waals surface area contributed by atoms with Crippen molar-refractivity contribution < 1.29 is 16.8 Å². The number of unbranched alkanes of at least 4 members (excludes halogenated alkanes) is 1. The van der Waals surface area contributed by atoms with Gasteiger partial charge in [-0.05, 0) is 35.7 Å². The molecule has 0 aliphatic carbocycles. The highest BCUT2D eigenvalue weighted by atomic mass is 35.5. The lowest BCUT2D eigenvalue weighted by atomic mass is 10.1. The smallest absolute Gasteiger partial charge is 0.246 e. The molecule has 0 fully saturated rings. The molecule has 0 radical (unpaired) electrons. The number of halogens is 1. The molecule has 0 saturated carbocycles. The summed E-state index contributed by atoms with van der Waals surface area (Å²) in [6, 6.07) is 13.1. The van der Waals surface area contributed by atoms with Crippen LogP contribution in [0.4, 0.5) is 5.69 Å². The quantitative estimate of drug-likeness (QED) is 0.502. The molecule has 0 saturated heterocycles. The van der Waals surface area contributed by atoms with E-state index >= 15 is 0 Å². The van der Waals surface area contributed by atoms with E-state index < -0.39 is 25.4 Å². The van der Waals surface area contributed by atoms with E-state index in [1.54, 1.807) is 36.4 Å². The molecule has 1 aliphatic rings. The van der Waals surface area contributed by atoms with E-state index in [9.17, 15) is 16.8 Å². The van der Waals surface area contributed by atoms with Crippen molar-refractivity contribution in [3.63, 3.8) is 0 Å². The van der Waals surface area contributed by atoms with Crippen molar-refractivity contribution in [2.75, 3.05) is 10.8 Å². The Morgan fingerprint density at radius 2 is 1.82 bits per heavy atom. The highest BCUT2D eigenvalue weighted by molar-refractivity contribution is 7.95. The average molecular weight is 443 g/mol.